The molecule has 1 fully saturated rings. The van der Waals surface area contributed by atoms with Crippen LogP contribution in [0.3, 0.4) is 0 Å². The number of fused-ring (bicyclic) bond motifs is 1. The van der Waals surface area contributed by atoms with E-state index in [0.717, 1.165) is 65.3 Å². The summed E-state index contributed by atoms with van der Waals surface area (Å²) in [5.41, 5.74) is 11.7. The van der Waals surface area contributed by atoms with Crippen molar-refractivity contribution in [1.82, 2.24) is 9.97 Å². The van der Waals surface area contributed by atoms with E-state index in [9.17, 15) is 8.42 Å². The number of anilines is 2. The number of benzene rings is 3. The number of aromatic nitrogens is 2. The van der Waals surface area contributed by atoms with E-state index in [1.165, 1.54) is 12.1 Å². The van der Waals surface area contributed by atoms with Gasteiger partial charge >= 0.3 is 0 Å². The van der Waals surface area contributed by atoms with Crippen molar-refractivity contribution in [3.63, 3.8) is 0 Å². The molecule has 1 saturated carbocycles. The Morgan fingerprint density at radius 3 is 2.45 bits per heavy atom. The Balaban J connectivity index is 1.40. The van der Waals surface area contributed by atoms with Gasteiger partial charge in [0.1, 0.15) is 0 Å². The zero-order chi connectivity index (χ0) is 26.9. The third kappa shape index (κ3) is 5.77. The average Bonchev–Trinajstić information content (AvgIpc) is 2.89. The molecule has 0 radical (unpaired) electrons. The third-order valence-corrected chi connectivity index (χ3v) is 8.81. The number of nitrogens with one attached hydrogen (secondary N) is 2. The van der Waals surface area contributed by atoms with E-state index in [1.807, 2.05) is 25.3 Å². The fourth-order valence-electron chi connectivity index (χ4n) is 5.04. The minimum absolute atomic E-state index is 0.159. The predicted molar refractivity (Wildman–Crippen MR) is 155 cm³/mol. The Morgan fingerprint density at radius 1 is 1.03 bits per heavy atom. The van der Waals surface area contributed by atoms with Gasteiger partial charge in [0.05, 0.1) is 10.4 Å². The van der Waals surface area contributed by atoms with Crippen LogP contribution in [0, 0.1) is 6.92 Å². The van der Waals surface area contributed by atoms with Crippen LogP contribution in [0.1, 0.15) is 43.7 Å². The first kappa shape index (κ1) is 26.4. The molecule has 0 atom stereocenters. The Labute approximate surface area is 228 Å². The maximum absolute atomic E-state index is 12.8. The Kier molecular flexibility index (Phi) is 7.56. The minimum atomic E-state index is -3.72. The summed E-state index contributed by atoms with van der Waals surface area (Å²) in [6, 6.07) is 16.6. The number of hydrogen-bond acceptors (Lipinski definition) is 6. The molecule has 5 rings (SSSR count). The zero-order valence-electron chi connectivity index (χ0n) is 21.5. The summed E-state index contributed by atoms with van der Waals surface area (Å²) < 4.78 is 28.3. The molecule has 0 aliphatic heterocycles. The number of nitrogens with zero attached hydrogens (tertiary/aromatic N) is 2. The van der Waals surface area contributed by atoms with Gasteiger partial charge in [-0.2, -0.15) is 0 Å². The standard InChI is InChI=1S/C29H32ClN5O2S/c1-3-19-15-20(16-21-17-32-29(34-28(19)21)33-24-8-6-23(31)7-9-24)27-13-10-25(14-18(27)2)35-38(36,37)26-11-4-22(30)5-12-26/h4-5,10-17,23-24,35H,3,6-9,31H2,1-2H3,(H,32,33,34)/t23-,24-. The Bertz CT molecular complexity index is 1570. The first-order valence-corrected chi connectivity index (χ1v) is 14.8. The van der Waals surface area contributed by atoms with Gasteiger partial charge in [0.2, 0.25) is 5.95 Å². The number of aryl methyl sites for hydroxylation is 2. The van der Waals surface area contributed by atoms with Crippen LogP contribution in [0.5, 0.6) is 0 Å². The highest BCUT2D eigenvalue weighted by Gasteiger charge is 2.20. The van der Waals surface area contributed by atoms with Crippen LogP contribution >= 0.6 is 11.6 Å². The van der Waals surface area contributed by atoms with Crippen molar-refractivity contribution in [2.75, 3.05) is 10.0 Å². The second-order valence-corrected chi connectivity index (χ2v) is 12.1. The molecule has 1 aliphatic rings. The van der Waals surface area contributed by atoms with Crippen LogP contribution in [-0.4, -0.2) is 30.5 Å². The summed E-state index contributed by atoms with van der Waals surface area (Å²) in [4.78, 5) is 9.63. The van der Waals surface area contributed by atoms with E-state index in [4.69, 9.17) is 22.3 Å². The summed E-state index contributed by atoms with van der Waals surface area (Å²) >= 11 is 5.90. The van der Waals surface area contributed by atoms with E-state index in [-0.39, 0.29) is 4.90 Å². The molecule has 0 spiro atoms. The highest BCUT2D eigenvalue weighted by atomic mass is 35.5. The highest BCUT2D eigenvalue weighted by Crippen LogP contribution is 2.32. The molecule has 0 saturated heterocycles. The number of rotatable bonds is 7. The molecule has 0 unspecified atom stereocenters. The monoisotopic (exact) mass is 549 g/mol. The van der Waals surface area contributed by atoms with Gasteiger partial charge < -0.3 is 11.1 Å². The Morgan fingerprint density at radius 2 is 1.76 bits per heavy atom. The average molecular weight is 550 g/mol. The first-order chi connectivity index (χ1) is 18.2. The topological polar surface area (TPSA) is 110 Å². The molecular formula is C29H32ClN5O2S. The lowest BCUT2D eigenvalue weighted by Gasteiger charge is -2.26. The number of hydrogen-bond donors (Lipinski definition) is 3. The van der Waals surface area contributed by atoms with Gasteiger partial charge in [-0.3, -0.25) is 4.72 Å². The maximum Gasteiger partial charge on any atom is 0.261 e. The normalized spacial score (nSPS) is 17.9. The molecule has 3 aromatic carbocycles. The van der Waals surface area contributed by atoms with Gasteiger partial charge in [0, 0.05) is 34.4 Å². The summed E-state index contributed by atoms with van der Waals surface area (Å²) in [6.45, 7) is 4.10. The molecule has 198 valence electrons. The molecule has 4 N–H and O–H groups in total. The van der Waals surface area contributed by atoms with Crippen molar-refractivity contribution in [2.24, 2.45) is 5.73 Å². The van der Waals surface area contributed by atoms with Crippen molar-refractivity contribution in [3.8, 4) is 11.1 Å². The van der Waals surface area contributed by atoms with Crippen molar-refractivity contribution >= 4 is 44.2 Å². The van der Waals surface area contributed by atoms with E-state index < -0.39 is 10.0 Å². The van der Waals surface area contributed by atoms with Gasteiger partial charge in [-0.1, -0.05) is 24.6 Å². The fraction of sp³-hybridized carbons (Fsp3) is 0.310. The van der Waals surface area contributed by atoms with Crippen molar-refractivity contribution in [2.45, 2.75) is 62.9 Å². The molecule has 0 bridgehead atoms. The molecule has 7 nitrogen and oxygen atoms in total. The van der Waals surface area contributed by atoms with Crippen LogP contribution < -0.4 is 15.8 Å². The van der Waals surface area contributed by atoms with Crippen LogP contribution in [0.2, 0.25) is 5.02 Å². The lowest BCUT2D eigenvalue weighted by molar-refractivity contribution is 0.410. The van der Waals surface area contributed by atoms with Crippen LogP contribution in [0.4, 0.5) is 11.6 Å². The number of sulfonamides is 1. The Hall–Kier alpha value is -3.20. The van der Waals surface area contributed by atoms with E-state index in [2.05, 4.69) is 34.1 Å². The van der Waals surface area contributed by atoms with Crippen LogP contribution in [-0.2, 0) is 16.4 Å². The minimum Gasteiger partial charge on any atom is -0.351 e. The third-order valence-electron chi connectivity index (χ3n) is 7.16. The molecule has 1 aromatic heterocycles. The molecular weight excluding hydrogens is 518 g/mol. The second-order valence-electron chi connectivity index (χ2n) is 9.97. The summed E-state index contributed by atoms with van der Waals surface area (Å²) in [5, 5.41) is 4.96. The summed E-state index contributed by atoms with van der Waals surface area (Å²) in [6.07, 6.45) is 6.83. The second kappa shape index (κ2) is 10.9. The van der Waals surface area contributed by atoms with Gasteiger partial charge in [-0.15, -0.1) is 0 Å². The van der Waals surface area contributed by atoms with Crippen LogP contribution in [0.15, 0.2) is 65.7 Å². The quantitative estimate of drug-likeness (QED) is 0.249. The van der Waals surface area contributed by atoms with Gasteiger partial charge in [-0.05, 0) is 110 Å². The predicted octanol–water partition coefficient (Wildman–Crippen LogP) is 6.30. The molecule has 1 heterocycles. The smallest absolute Gasteiger partial charge is 0.261 e. The van der Waals surface area contributed by atoms with Crippen molar-refractivity contribution in [3.05, 3.63) is 76.9 Å². The lowest BCUT2D eigenvalue weighted by atomic mass is 9.92. The molecule has 0 amide bonds. The summed E-state index contributed by atoms with van der Waals surface area (Å²) in [5.74, 6) is 0.661. The van der Waals surface area contributed by atoms with Gasteiger partial charge in [-0.25, -0.2) is 18.4 Å². The first-order valence-electron chi connectivity index (χ1n) is 12.9. The van der Waals surface area contributed by atoms with E-state index in [0.29, 0.717) is 28.7 Å². The SMILES string of the molecule is CCc1cc(-c2ccc(NS(=O)(=O)c3ccc(Cl)cc3)cc2C)cc2cnc(N[C@H]3CC[C@H](N)CC3)nc12. The largest absolute Gasteiger partial charge is 0.351 e. The fourth-order valence-corrected chi connectivity index (χ4v) is 6.21. The number of halogens is 1. The zero-order valence-corrected chi connectivity index (χ0v) is 23.1. The van der Waals surface area contributed by atoms with Gasteiger partial charge in [0.25, 0.3) is 10.0 Å². The van der Waals surface area contributed by atoms with Crippen molar-refractivity contribution < 1.29 is 8.42 Å². The van der Waals surface area contributed by atoms with Crippen molar-refractivity contribution in [1.29, 1.82) is 0 Å². The molecule has 4 aromatic rings. The highest BCUT2D eigenvalue weighted by molar-refractivity contribution is 7.92. The summed E-state index contributed by atoms with van der Waals surface area (Å²) in [7, 11) is -3.72. The molecule has 38 heavy (non-hydrogen) atoms. The van der Waals surface area contributed by atoms with E-state index in [1.54, 1.807) is 18.2 Å². The molecule has 1 aliphatic carbocycles. The maximum atomic E-state index is 12.8. The van der Waals surface area contributed by atoms with Gasteiger partial charge in [0.15, 0.2) is 0 Å². The molecule has 9 heteroatoms. The van der Waals surface area contributed by atoms with E-state index >= 15 is 0 Å². The lowest BCUT2D eigenvalue weighted by Crippen LogP contribution is -2.33. The van der Waals surface area contributed by atoms with Crippen LogP contribution in [0.25, 0.3) is 22.0 Å². The number of nitrogens with two attached hydrogens (primary N) is 1.